The first-order valence-corrected chi connectivity index (χ1v) is 5.78. The van der Waals surface area contributed by atoms with E-state index in [2.05, 4.69) is 4.98 Å². The average molecular weight is 270 g/mol. The Kier molecular flexibility index (Phi) is 3.35. The number of nitrogens with two attached hydrogens (primary N) is 1. The van der Waals surface area contributed by atoms with Gasteiger partial charge < -0.3 is 10.8 Å². The Bertz CT molecular complexity index is 613. The summed E-state index contributed by atoms with van der Waals surface area (Å²) in [7, 11) is 0. The monoisotopic (exact) mass is 270 g/mol. The van der Waals surface area contributed by atoms with Crippen molar-refractivity contribution in [3.8, 4) is 10.6 Å². The molecule has 0 aliphatic heterocycles. The van der Waals surface area contributed by atoms with Gasteiger partial charge in [0.25, 0.3) is 0 Å². The molecule has 4 nitrogen and oxygen atoms in total. The van der Waals surface area contributed by atoms with E-state index in [9.17, 15) is 13.6 Å². The van der Waals surface area contributed by atoms with Gasteiger partial charge in [0.15, 0.2) is 5.69 Å². The quantitative estimate of drug-likeness (QED) is 0.896. The van der Waals surface area contributed by atoms with Crippen molar-refractivity contribution in [3.63, 3.8) is 0 Å². The van der Waals surface area contributed by atoms with Crippen molar-refractivity contribution in [1.82, 2.24) is 4.98 Å². The third-order valence-corrected chi connectivity index (χ3v) is 3.19. The van der Waals surface area contributed by atoms with E-state index < -0.39 is 17.6 Å². The normalized spacial score (nSPS) is 10.6. The molecule has 0 bridgehead atoms. The van der Waals surface area contributed by atoms with Crippen LogP contribution in [-0.4, -0.2) is 16.1 Å². The van der Waals surface area contributed by atoms with Crippen molar-refractivity contribution in [3.05, 3.63) is 40.4 Å². The second-order valence-corrected chi connectivity index (χ2v) is 4.30. The van der Waals surface area contributed by atoms with Gasteiger partial charge in [-0.25, -0.2) is 18.6 Å². The second-order valence-electron chi connectivity index (χ2n) is 3.44. The molecule has 7 heteroatoms. The summed E-state index contributed by atoms with van der Waals surface area (Å²) in [6.07, 6.45) is 0. The first kappa shape index (κ1) is 12.6. The van der Waals surface area contributed by atoms with Crippen LogP contribution in [-0.2, 0) is 6.54 Å². The first-order chi connectivity index (χ1) is 8.54. The number of hydrogen-bond donors (Lipinski definition) is 2. The van der Waals surface area contributed by atoms with Crippen molar-refractivity contribution >= 4 is 17.3 Å². The topological polar surface area (TPSA) is 76.2 Å². The number of rotatable bonds is 3. The van der Waals surface area contributed by atoms with Crippen LogP contribution in [0.5, 0.6) is 0 Å². The summed E-state index contributed by atoms with van der Waals surface area (Å²) in [5, 5.41) is 9.93. The van der Waals surface area contributed by atoms with E-state index >= 15 is 0 Å². The summed E-state index contributed by atoms with van der Waals surface area (Å²) in [5.74, 6) is -2.84. The number of aromatic carboxylic acids is 1. The van der Waals surface area contributed by atoms with Gasteiger partial charge in [-0.15, -0.1) is 11.3 Å². The summed E-state index contributed by atoms with van der Waals surface area (Å²) in [5.41, 5.74) is 4.90. The standard InChI is InChI=1S/C11H8F2N2O2S/c12-6-2-1-5(3-14)9(13)8(6)10-15-7(4-18-10)11(16)17/h1-2,4H,3,14H2,(H,16,17). The van der Waals surface area contributed by atoms with Crippen LogP contribution in [0.15, 0.2) is 17.5 Å². The molecule has 3 N–H and O–H groups in total. The highest BCUT2D eigenvalue weighted by molar-refractivity contribution is 7.13. The Morgan fingerprint density at radius 3 is 2.72 bits per heavy atom. The van der Waals surface area contributed by atoms with Gasteiger partial charge in [-0.1, -0.05) is 6.07 Å². The van der Waals surface area contributed by atoms with Crippen molar-refractivity contribution in [2.75, 3.05) is 0 Å². The van der Waals surface area contributed by atoms with Crippen LogP contribution in [0.2, 0.25) is 0 Å². The summed E-state index contributed by atoms with van der Waals surface area (Å²) in [4.78, 5) is 14.4. The van der Waals surface area contributed by atoms with E-state index in [0.29, 0.717) is 0 Å². The minimum absolute atomic E-state index is 0.0160. The SMILES string of the molecule is NCc1ccc(F)c(-c2nc(C(=O)O)cs2)c1F. The van der Waals surface area contributed by atoms with Crippen molar-refractivity contribution < 1.29 is 18.7 Å². The Balaban J connectivity index is 2.58. The van der Waals surface area contributed by atoms with E-state index in [1.54, 1.807) is 0 Å². The van der Waals surface area contributed by atoms with Crippen LogP contribution in [0.1, 0.15) is 16.1 Å². The number of benzene rings is 1. The van der Waals surface area contributed by atoms with Crippen LogP contribution in [0.3, 0.4) is 0 Å². The third kappa shape index (κ3) is 2.09. The lowest BCUT2D eigenvalue weighted by Gasteiger charge is -2.05. The maximum Gasteiger partial charge on any atom is 0.355 e. The molecule has 0 saturated heterocycles. The molecular formula is C11H8F2N2O2S. The van der Waals surface area contributed by atoms with Crippen molar-refractivity contribution in [1.29, 1.82) is 0 Å². The molecule has 1 heterocycles. The number of nitrogens with zero attached hydrogens (tertiary/aromatic N) is 1. The molecule has 2 aromatic rings. The smallest absolute Gasteiger partial charge is 0.355 e. The predicted octanol–water partition coefficient (Wildman–Crippen LogP) is 2.25. The summed E-state index contributed by atoms with van der Waals surface area (Å²) in [6.45, 7) is -0.0731. The van der Waals surface area contributed by atoms with E-state index in [-0.39, 0.29) is 28.4 Å². The highest BCUT2D eigenvalue weighted by Crippen LogP contribution is 2.30. The largest absolute Gasteiger partial charge is 0.476 e. The average Bonchev–Trinajstić information content (AvgIpc) is 2.79. The first-order valence-electron chi connectivity index (χ1n) is 4.90. The van der Waals surface area contributed by atoms with Gasteiger partial charge in [-0.05, 0) is 6.07 Å². The van der Waals surface area contributed by atoms with Gasteiger partial charge >= 0.3 is 5.97 Å². The molecule has 0 saturated carbocycles. The molecule has 0 unspecified atom stereocenters. The van der Waals surface area contributed by atoms with Crippen LogP contribution in [0.25, 0.3) is 10.6 Å². The molecule has 0 aliphatic carbocycles. The zero-order valence-electron chi connectivity index (χ0n) is 8.98. The van der Waals surface area contributed by atoms with E-state index in [4.69, 9.17) is 10.8 Å². The lowest BCUT2D eigenvalue weighted by atomic mass is 10.1. The van der Waals surface area contributed by atoms with Gasteiger partial charge in [0, 0.05) is 17.5 Å². The number of hydrogen-bond acceptors (Lipinski definition) is 4. The molecule has 0 atom stereocenters. The maximum absolute atomic E-state index is 13.9. The summed E-state index contributed by atoms with van der Waals surface area (Å²) in [6, 6.07) is 2.34. The highest BCUT2D eigenvalue weighted by atomic mass is 32.1. The molecule has 1 aromatic heterocycles. The molecule has 0 spiro atoms. The Morgan fingerprint density at radius 1 is 1.44 bits per heavy atom. The van der Waals surface area contributed by atoms with Crippen LogP contribution in [0, 0.1) is 11.6 Å². The fraction of sp³-hybridized carbons (Fsp3) is 0.0909. The minimum atomic E-state index is -1.24. The zero-order chi connectivity index (χ0) is 13.3. The molecule has 1 aromatic carbocycles. The number of halogens is 2. The molecule has 0 radical (unpaired) electrons. The number of carbonyl (C=O) groups is 1. The van der Waals surface area contributed by atoms with E-state index in [1.165, 1.54) is 11.4 Å². The molecule has 0 fully saturated rings. The Hall–Kier alpha value is -1.86. The van der Waals surface area contributed by atoms with Crippen LogP contribution >= 0.6 is 11.3 Å². The molecular weight excluding hydrogens is 262 g/mol. The van der Waals surface area contributed by atoms with Gasteiger partial charge in [0.1, 0.15) is 16.6 Å². The second kappa shape index (κ2) is 4.79. The lowest BCUT2D eigenvalue weighted by Crippen LogP contribution is -2.03. The van der Waals surface area contributed by atoms with Crippen molar-refractivity contribution in [2.45, 2.75) is 6.54 Å². The summed E-state index contributed by atoms with van der Waals surface area (Å²) < 4.78 is 27.5. The van der Waals surface area contributed by atoms with E-state index in [1.807, 2.05) is 0 Å². The van der Waals surface area contributed by atoms with Crippen molar-refractivity contribution in [2.24, 2.45) is 5.73 Å². The minimum Gasteiger partial charge on any atom is -0.476 e. The number of aromatic nitrogens is 1. The summed E-state index contributed by atoms with van der Waals surface area (Å²) >= 11 is 0.866. The van der Waals surface area contributed by atoms with Crippen LogP contribution < -0.4 is 5.73 Å². The Labute approximate surface area is 105 Å². The predicted molar refractivity (Wildman–Crippen MR) is 62.3 cm³/mol. The fourth-order valence-corrected chi connectivity index (χ4v) is 2.27. The number of thiazole rings is 1. The molecule has 94 valence electrons. The fourth-order valence-electron chi connectivity index (χ4n) is 1.44. The number of carboxylic acid groups (broad SMARTS) is 1. The number of carboxylic acids is 1. The van der Waals surface area contributed by atoms with E-state index in [0.717, 1.165) is 17.4 Å². The van der Waals surface area contributed by atoms with Crippen LogP contribution in [0.4, 0.5) is 8.78 Å². The Morgan fingerprint density at radius 2 is 2.17 bits per heavy atom. The third-order valence-electron chi connectivity index (χ3n) is 2.33. The van der Waals surface area contributed by atoms with Gasteiger partial charge in [0.05, 0.1) is 5.56 Å². The molecule has 0 aliphatic rings. The molecule has 2 rings (SSSR count). The lowest BCUT2D eigenvalue weighted by molar-refractivity contribution is 0.0691. The van der Waals surface area contributed by atoms with Gasteiger partial charge in [-0.2, -0.15) is 0 Å². The zero-order valence-corrected chi connectivity index (χ0v) is 9.80. The van der Waals surface area contributed by atoms with Gasteiger partial charge in [-0.3, -0.25) is 0 Å². The molecule has 0 amide bonds. The molecule has 18 heavy (non-hydrogen) atoms. The van der Waals surface area contributed by atoms with Gasteiger partial charge in [0.2, 0.25) is 0 Å². The maximum atomic E-state index is 13.9. The highest BCUT2D eigenvalue weighted by Gasteiger charge is 2.19.